The number of amides is 2. The summed E-state index contributed by atoms with van der Waals surface area (Å²) in [5.74, 6) is -0.374. The van der Waals surface area contributed by atoms with Crippen molar-refractivity contribution in [2.45, 2.75) is 45.8 Å². The Morgan fingerprint density at radius 3 is 2.52 bits per heavy atom. The van der Waals surface area contributed by atoms with Gasteiger partial charge in [0, 0.05) is 18.7 Å². The number of ether oxygens (including phenoxy) is 1. The zero-order chi connectivity index (χ0) is 16.8. The van der Waals surface area contributed by atoms with Crippen molar-refractivity contribution in [3.05, 3.63) is 35.4 Å². The van der Waals surface area contributed by atoms with Gasteiger partial charge in [-0.15, -0.1) is 0 Å². The molecule has 1 saturated heterocycles. The van der Waals surface area contributed by atoms with Gasteiger partial charge in [0.05, 0.1) is 6.10 Å². The molecule has 1 aromatic carbocycles. The van der Waals surface area contributed by atoms with Crippen molar-refractivity contribution in [1.29, 1.82) is 0 Å². The first-order chi connectivity index (χ1) is 11.0. The number of hydrogen-bond acceptors (Lipinski definition) is 3. The minimum Gasteiger partial charge on any atom is -0.376 e. The van der Waals surface area contributed by atoms with Crippen molar-refractivity contribution in [3.8, 4) is 0 Å². The molecule has 5 nitrogen and oxygen atoms in total. The van der Waals surface area contributed by atoms with E-state index in [-0.39, 0.29) is 23.8 Å². The van der Waals surface area contributed by atoms with E-state index < -0.39 is 6.04 Å². The number of hydrogen-bond donors (Lipinski definition) is 2. The first-order valence-electron chi connectivity index (χ1n) is 8.24. The van der Waals surface area contributed by atoms with Crippen LogP contribution in [-0.4, -0.2) is 37.1 Å². The Kier molecular flexibility index (Phi) is 6.16. The highest BCUT2D eigenvalue weighted by Crippen LogP contribution is 2.11. The third-order valence-electron chi connectivity index (χ3n) is 4.08. The van der Waals surface area contributed by atoms with Crippen LogP contribution in [0.2, 0.25) is 0 Å². The van der Waals surface area contributed by atoms with Crippen molar-refractivity contribution in [3.63, 3.8) is 0 Å². The van der Waals surface area contributed by atoms with Gasteiger partial charge in [-0.1, -0.05) is 31.5 Å². The number of carbonyl (C=O) groups is 2. The highest BCUT2D eigenvalue weighted by atomic mass is 16.5. The van der Waals surface area contributed by atoms with Crippen molar-refractivity contribution in [1.82, 2.24) is 10.6 Å². The Bertz CT molecular complexity index is 534. The van der Waals surface area contributed by atoms with Crippen molar-refractivity contribution in [2.24, 2.45) is 5.92 Å². The van der Waals surface area contributed by atoms with Crippen LogP contribution in [0.15, 0.2) is 24.3 Å². The number of benzene rings is 1. The van der Waals surface area contributed by atoms with Gasteiger partial charge in [0.15, 0.2) is 0 Å². The zero-order valence-corrected chi connectivity index (χ0v) is 14.1. The molecule has 0 aliphatic carbocycles. The zero-order valence-electron chi connectivity index (χ0n) is 14.1. The fraction of sp³-hybridized carbons (Fsp3) is 0.556. The summed E-state index contributed by atoms with van der Waals surface area (Å²) in [5.41, 5.74) is 1.66. The second kappa shape index (κ2) is 8.11. The maximum absolute atomic E-state index is 12.4. The number of rotatable bonds is 6. The van der Waals surface area contributed by atoms with E-state index in [4.69, 9.17) is 4.74 Å². The van der Waals surface area contributed by atoms with Crippen LogP contribution in [0.25, 0.3) is 0 Å². The highest BCUT2D eigenvalue weighted by Gasteiger charge is 2.26. The minimum atomic E-state index is -0.551. The van der Waals surface area contributed by atoms with Gasteiger partial charge in [0.1, 0.15) is 6.04 Å². The lowest BCUT2D eigenvalue weighted by Gasteiger charge is -2.22. The largest absolute Gasteiger partial charge is 0.376 e. The van der Waals surface area contributed by atoms with E-state index in [0.717, 1.165) is 25.0 Å². The van der Waals surface area contributed by atoms with E-state index in [2.05, 4.69) is 10.6 Å². The van der Waals surface area contributed by atoms with Crippen LogP contribution in [-0.2, 0) is 9.53 Å². The summed E-state index contributed by atoms with van der Waals surface area (Å²) >= 11 is 0. The fourth-order valence-corrected chi connectivity index (χ4v) is 2.59. The molecular weight excluding hydrogens is 292 g/mol. The molecule has 2 rings (SSSR count). The predicted octanol–water partition coefficient (Wildman–Crippen LogP) is 2.04. The van der Waals surface area contributed by atoms with E-state index >= 15 is 0 Å². The summed E-state index contributed by atoms with van der Waals surface area (Å²) in [6.07, 6.45) is 2.11. The first kappa shape index (κ1) is 17.5. The van der Waals surface area contributed by atoms with Crippen LogP contribution >= 0.6 is 0 Å². The molecule has 0 bridgehead atoms. The van der Waals surface area contributed by atoms with Gasteiger partial charge >= 0.3 is 0 Å². The summed E-state index contributed by atoms with van der Waals surface area (Å²) in [6.45, 7) is 7.08. The van der Waals surface area contributed by atoms with E-state index in [1.54, 1.807) is 12.1 Å². The summed E-state index contributed by atoms with van der Waals surface area (Å²) in [6, 6.07) is 6.76. The average Bonchev–Trinajstić information content (AvgIpc) is 3.03. The normalized spacial score (nSPS) is 18.7. The number of aryl methyl sites for hydroxylation is 1. The molecule has 1 aliphatic rings. The Balaban J connectivity index is 1.92. The molecule has 2 amide bonds. The first-order valence-corrected chi connectivity index (χ1v) is 8.24. The summed E-state index contributed by atoms with van der Waals surface area (Å²) in [5, 5.41) is 5.73. The molecule has 1 heterocycles. The second-order valence-electron chi connectivity index (χ2n) is 6.44. The Morgan fingerprint density at radius 2 is 1.96 bits per heavy atom. The monoisotopic (exact) mass is 318 g/mol. The van der Waals surface area contributed by atoms with Crippen LogP contribution in [0.5, 0.6) is 0 Å². The summed E-state index contributed by atoms with van der Waals surface area (Å²) < 4.78 is 5.50. The van der Waals surface area contributed by atoms with Crippen molar-refractivity contribution < 1.29 is 14.3 Å². The quantitative estimate of drug-likeness (QED) is 0.843. The SMILES string of the molecule is Cc1ccc(C(=O)N[C@@H](C(=O)NC[C@H]2CCCO2)C(C)C)cc1. The van der Waals surface area contributed by atoms with Crippen LogP contribution in [0.4, 0.5) is 0 Å². The van der Waals surface area contributed by atoms with Crippen molar-refractivity contribution in [2.75, 3.05) is 13.2 Å². The highest BCUT2D eigenvalue weighted by molar-refractivity contribution is 5.97. The molecule has 5 heteroatoms. The summed E-state index contributed by atoms with van der Waals surface area (Å²) in [4.78, 5) is 24.7. The minimum absolute atomic E-state index is 0.00824. The molecule has 0 unspecified atom stereocenters. The molecule has 0 aromatic heterocycles. The smallest absolute Gasteiger partial charge is 0.251 e. The summed E-state index contributed by atoms with van der Waals surface area (Å²) in [7, 11) is 0. The van der Waals surface area contributed by atoms with Crippen LogP contribution in [0.3, 0.4) is 0 Å². The standard InChI is InChI=1S/C18H26N2O3/c1-12(2)16(18(22)19-11-15-5-4-10-23-15)20-17(21)14-8-6-13(3)7-9-14/h6-9,12,15-16H,4-5,10-11H2,1-3H3,(H,19,22)(H,20,21)/t15-,16-/m1/s1. The molecule has 0 spiro atoms. The molecule has 0 radical (unpaired) electrons. The van der Waals surface area contributed by atoms with Crippen LogP contribution in [0.1, 0.15) is 42.6 Å². The molecular formula is C18H26N2O3. The molecule has 1 fully saturated rings. The van der Waals surface area contributed by atoms with E-state index in [0.29, 0.717) is 12.1 Å². The molecule has 1 aliphatic heterocycles. The number of carbonyl (C=O) groups excluding carboxylic acids is 2. The second-order valence-corrected chi connectivity index (χ2v) is 6.44. The molecule has 23 heavy (non-hydrogen) atoms. The van der Waals surface area contributed by atoms with Crippen LogP contribution < -0.4 is 10.6 Å². The van der Waals surface area contributed by atoms with E-state index in [1.165, 1.54) is 0 Å². The van der Waals surface area contributed by atoms with Gasteiger partial charge in [-0.25, -0.2) is 0 Å². The van der Waals surface area contributed by atoms with Gasteiger partial charge in [0.2, 0.25) is 5.91 Å². The molecule has 126 valence electrons. The van der Waals surface area contributed by atoms with Gasteiger partial charge < -0.3 is 15.4 Å². The molecule has 2 N–H and O–H groups in total. The third-order valence-corrected chi connectivity index (χ3v) is 4.08. The predicted molar refractivity (Wildman–Crippen MR) is 89.3 cm³/mol. The number of nitrogens with one attached hydrogen (secondary N) is 2. The Labute approximate surface area is 137 Å². The maximum Gasteiger partial charge on any atom is 0.251 e. The van der Waals surface area contributed by atoms with Crippen LogP contribution in [0, 0.1) is 12.8 Å². The van der Waals surface area contributed by atoms with E-state index in [9.17, 15) is 9.59 Å². The topological polar surface area (TPSA) is 67.4 Å². The average molecular weight is 318 g/mol. The van der Waals surface area contributed by atoms with Gasteiger partial charge in [-0.2, -0.15) is 0 Å². The fourth-order valence-electron chi connectivity index (χ4n) is 2.59. The van der Waals surface area contributed by atoms with E-state index in [1.807, 2.05) is 32.9 Å². The van der Waals surface area contributed by atoms with Gasteiger partial charge in [0.25, 0.3) is 5.91 Å². The lowest BCUT2D eigenvalue weighted by Crippen LogP contribution is -2.50. The molecule has 2 atom stereocenters. The van der Waals surface area contributed by atoms with Gasteiger partial charge in [-0.05, 0) is 37.8 Å². The Hall–Kier alpha value is -1.88. The molecule has 0 saturated carbocycles. The maximum atomic E-state index is 12.4. The lowest BCUT2D eigenvalue weighted by molar-refractivity contribution is -0.124. The molecule has 1 aromatic rings. The third kappa shape index (κ3) is 5.06. The Morgan fingerprint density at radius 1 is 1.26 bits per heavy atom. The lowest BCUT2D eigenvalue weighted by atomic mass is 10.0. The van der Waals surface area contributed by atoms with Crippen molar-refractivity contribution >= 4 is 11.8 Å². The van der Waals surface area contributed by atoms with Gasteiger partial charge in [-0.3, -0.25) is 9.59 Å².